The number of nitrogens with zero attached hydrogens (tertiary/aromatic N) is 2. The van der Waals surface area contributed by atoms with Crippen LogP contribution in [0.1, 0.15) is 37.2 Å². The number of carbonyl (C=O) groups excluding carboxylic acids is 1. The first kappa shape index (κ1) is 21.2. The average molecular weight is 429 g/mol. The molecule has 0 bridgehead atoms. The third-order valence-electron chi connectivity index (χ3n) is 6.13. The van der Waals surface area contributed by atoms with Crippen LogP contribution in [0.5, 0.6) is 0 Å². The second-order valence-electron chi connectivity index (χ2n) is 7.69. The fourth-order valence-corrected chi connectivity index (χ4v) is 4.68. The Morgan fingerprint density at radius 1 is 1.14 bits per heavy atom. The lowest BCUT2D eigenvalue weighted by Gasteiger charge is -2.30. The van der Waals surface area contributed by atoms with Crippen LogP contribution >= 0.6 is 23.2 Å². The van der Waals surface area contributed by atoms with Crippen molar-refractivity contribution in [3.8, 4) is 0 Å². The summed E-state index contributed by atoms with van der Waals surface area (Å²) >= 11 is 12.2. The van der Waals surface area contributed by atoms with Crippen molar-refractivity contribution in [3.63, 3.8) is 0 Å². The first-order valence-corrected chi connectivity index (χ1v) is 10.3. The van der Waals surface area contributed by atoms with Gasteiger partial charge in [0, 0.05) is 39.1 Å². The van der Waals surface area contributed by atoms with E-state index in [-0.39, 0.29) is 29.9 Å². The Morgan fingerprint density at radius 2 is 1.82 bits per heavy atom. The monoisotopic (exact) mass is 428 g/mol. The Morgan fingerprint density at radius 3 is 2.39 bits per heavy atom. The van der Waals surface area contributed by atoms with Gasteiger partial charge in [0.2, 0.25) is 5.91 Å². The van der Waals surface area contributed by atoms with Crippen LogP contribution in [0, 0.1) is 5.92 Å². The minimum Gasteiger partial charge on any atom is -0.465 e. The van der Waals surface area contributed by atoms with E-state index >= 15 is 0 Å². The van der Waals surface area contributed by atoms with Crippen molar-refractivity contribution in [1.82, 2.24) is 9.80 Å². The highest BCUT2D eigenvalue weighted by molar-refractivity contribution is 6.42. The fraction of sp³-hybridized carbons (Fsp3) is 0.600. The molecule has 1 aliphatic heterocycles. The van der Waals surface area contributed by atoms with Gasteiger partial charge in [-0.05, 0) is 43.4 Å². The Hall–Kier alpha value is -1.50. The molecule has 28 heavy (non-hydrogen) atoms. The molecule has 1 N–H and O–H groups in total. The van der Waals surface area contributed by atoms with Gasteiger partial charge in [0.05, 0.1) is 22.2 Å². The second kappa shape index (κ2) is 8.89. The third-order valence-corrected chi connectivity index (χ3v) is 6.87. The van der Waals surface area contributed by atoms with Gasteiger partial charge in [0.15, 0.2) is 0 Å². The molecule has 0 unspecified atom stereocenters. The summed E-state index contributed by atoms with van der Waals surface area (Å²) < 4.78 is 5.40. The summed E-state index contributed by atoms with van der Waals surface area (Å²) in [5.74, 6) is -0.0502. The van der Waals surface area contributed by atoms with E-state index in [9.17, 15) is 14.7 Å². The SMILES string of the molecule is COC1CCC(C(=O)N2C[C@H](c3ccc(Cl)c(Cl)c3)[C@@H](N(C)C(=O)O)C2)CC1. The standard InChI is InChI=1S/C20H26Cl2N2O4/c1-23(20(26)27)18-11-24(19(25)12-3-6-14(28-2)7-4-12)10-15(18)13-5-8-16(21)17(22)9-13/h5,8-9,12,14-15,18H,3-4,6-7,10-11H2,1-2H3,(H,26,27)/t12?,14?,15-,18+/m1/s1. The van der Waals surface area contributed by atoms with Crippen molar-refractivity contribution < 1.29 is 19.4 Å². The van der Waals surface area contributed by atoms with Gasteiger partial charge >= 0.3 is 6.09 Å². The molecule has 0 radical (unpaired) electrons. The second-order valence-corrected chi connectivity index (χ2v) is 8.51. The maximum absolute atomic E-state index is 13.1. The summed E-state index contributed by atoms with van der Waals surface area (Å²) in [6.07, 6.45) is 2.61. The highest BCUT2D eigenvalue weighted by Crippen LogP contribution is 2.36. The van der Waals surface area contributed by atoms with E-state index in [1.807, 2.05) is 11.0 Å². The summed E-state index contributed by atoms with van der Waals surface area (Å²) in [5.41, 5.74) is 0.894. The summed E-state index contributed by atoms with van der Waals surface area (Å²) in [6.45, 7) is 0.861. The predicted molar refractivity (Wildman–Crippen MR) is 108 cm³/mol. The van der Waals surface area contributed by atoms with Crippen molar-refractivity contribution in [3.05, 3.63) is 33.8 Å². The van der Waals surface area contributed by atoms with Crippen LogP contribution in [-0.2, 0) is 9.53 Å². The molecule has 154 valence electrons. The van der Waals surface area contributed by atoms with Crippen LogP contribution in [0.2, 0.25) is 10.0 Å². The summed E-state index contributed by atoms with van der Waals surface area (Å²) in [6, 6.07) is 5.02. The van der Waals surface area contributed by atoms with Crippen LogP contribution in [0.15, 0.2) is 18.2 Å². The zero-order chi connectivity index (χ0) is 20.4. The predicted octanol–water partition coefficient (Wildman–Crippen LogP) is 4.10. The van der Waals surface area contributed by atoms with E-state index in [0.29, 0.717) is 23.1 Å². The smallest absolute Gasteiger partial charge is 0.407 e. The number of benzene rings is 1. The molecule has 2 amide bonds. The van der Waals surface area contributed by atoms with Gasteiger partial charge < -0.3 is 19.6 Å². The normalized spacial score (nSPS) is 27.6. The van der Waals surface area contributed by atoms with Crippen LogP contribution in [0.4, 0.5) is 4.79 Å². The number of halogens is 2. The maximum atomic E-state index is 13.1. The first-order valence-electron chi connectivity index (χ1n) is 9.54. The van der Waals surface area contributed by atoms with Crippen molar-refractivity contribution in [2.45, 2.75) is 43.7 Å². The molecule has 1 aromatic carbocycles. The number of likely N-dealkylation sites (N-methyl/N-ethyl adjacent to an activating group) is 1. The Labute approximate surface area is 175 Å². The molecule has 0 spiro atoms. The Balaban J connectivity index is 1.78. The number of amides is 2. The zero-order valence-corrected chi connectivity index (χ0v) is 17.6. The molecule has 8 heteroatoms. The molecule has 0 aromatic heterocycles. The Kier molecular flexibility index (Phi) is 6.73. The average Bonchev–Trinajstić information content (AvgIpc) is 3.14. The van der Waals surface area contributed by atoms with Crippen LogP contribution in [0.25, 0.3) is 0 Å². The zero-order valence-electron chi connectivity index (χ0n) is 16.1. The van der Waals surface area contributed by atoms with Gasteiger partial charge in [0.25, 0.3) is 0 Å². The van der Waals surface area contributed by atoms with E-state index in [1.54, 1.807) is 26.3 Å². The van der Waals surface area contributed by atoms with Crippen molar-refractivity contribution in [1.29, 1.82) is 0 Å². The van der Waals surface area contributed by atoms with Crippen molar-refractivity contribution in [2.24, 2.45) is 5.92 Å². The highest BCUT2D eigenvalue weighted by Gasteiger charge is 2.42. The quantitative estimate of drug-likeness (QED) is 0.783. The number of ether oxygens (including phenoxy) is 1. The van der Waals surface area contributed by atoms with Gasteiger partial charge in [-0.3, -0.25) is 4.79 Å². The summed E-state index contributed by atoms with van der Waals surface area (Å²) in [5, 5.41) is 10.4. The molecule has 6 nitrogen and oxygen atoms in total. The molecule has 2 fully saturated rings. The number of carbonyl (C=O) groups is 2. The van der Waals surface area contributed by atoms with E-state index < -0.39 is 6.09 Å². The van der Waals surface area contributed by atoms with Crippen LogP contribution in [-0.4, -0.2) is 66.3 Å². The number of hydrogen-bond acceptors (Lipinski definition) is 3. The van der Waals surface area contributed by atoms with Gasteiger partial charge in [-0.25, -0.2) is 4.79 Å². The summed E-state index contributed by atoms with van der Waals surface area (Å²) in [4.78, 5) is 27.8. The van der Waals surface area contributed by atoms with Gasteiger partial charge in [-0.2, -0.15) is 0 Å². The summed E-state index contributed by atoms with van der Waals surface area (Å²) in [7, 11) is 3.26. The third kappa shape index (κ3) is 4.39. The molecular weight excluding hydrogens is 403 g/mol. The molecular formula is C20H26Cl2N2O4. The van der Waals surface area contributed by atoms with E-state index in [2.05, 4.69) is 0 Å². The number of hydrogen-bond donors (Lipinski definition) is 1. The fourth-order valence-electron chi connectivity index (χ4n) is 4.38. The molecule has 1 aromatic rings. The van der Waals surface area contributed by atoms with E-state index in [4.69, 9.17) is 27.9 Å². The molecule has 1 aliphatic carbocycles. The lowest BCUT2D eigenvalue weighted by molar-refractivity contribution is -0.136. The highest BCUT2D eigenvalue weighted by atomic mass is 35.5. The maximum Gasteiger partial charge on any atom is 0.407 e. The lowest BCUT2D eigenvalue weighted by atomic mass is 9.86. The molecule has 3 rings (SSSR count). The van der Waals surface area contributed by atoms with E-state index in [0.717, 1.165) is 31.2 Å². The number of rotatable bonds is 4. The van der Waals surface area contributed by atoms with Crippen LogP contribution < -0.4 is 0 Å². The van der Waals surface area contributed by atoms with E-state index in [1.165, 1.54) is 4.90 Å². The number of carboxylic acid groups (broad SMARTS) is 1. The van der Waals surface area contributed by atoms with Crippen molar-refractivity contribution in [2.75, 3.05) is 27.2 Å². The topological polar surface area (TPSA) is 70.1 Å². The van der Waals surface area contributed by atoms with Gasteiger partial charge in [-0.1, -0.05) is 29.3 Å². The Bertz CT molecular complexity index is 737. The molecule has 1 saturated heterocycles. The van der Waals surface area contributed by atoms with Gasteiger partial charge in [0.1, 0.15) is 0 Å². The molecule has 1 saturated carbocycles. The van der Waals surface area contributed by atoms with Gasteiger partial charge in [-0.15, -0.1) is 0 Å². The molecule has 2 atom stereocenters. The lowest BCUT2D eigenvalue weighted by Crippen LogP contribution is -2.42. The minimum atomic E-state index is -1.01. The van der Waals surface area contributed by atoms with Crippen LogP contribution in [0.3, 0.4) is 0 Å². The first-order chi connectivity index (χ1) is 13.3. The number of likely N-dealkylation sites (tertiary alicyclic amines) is 1. The minimum absolute atomic E-state index is 0.0188. The van der Waals surface area contributed by atoms with Crippen molar-refractivity contribution >= 4 is 35.2 Å². The molecule has 1 heterocycles. The number of methoxy groups -OCH3 is 1. The largest absolute Gasteiger partial charge is 0.465 e. The molecule has 2 aliphatic rings.